The molecule has 0 bridgehead atoms. The third-order valence-electron chi connectivity index (χ3n) is 4.31. The Morgan fingerprint density at radius 2 is 1.87 bits per heavy atom. The van der Waals surface area contributed by atoms with Crippen LogP contribution in [0.15, 0.2) is 27.6 Å². The number of aromatic nitrogens is 2. The molecule has 1 aliphatic heterocycles. The fourth-order valence-electron chi connectivity index (χ4n) is 3.06. The van der Waals surface area contributed by atoms with Crippen LogP contribution in [0, 0.1) is 20.8 Å². The molecule has 23 heavy (non-hydrogen) atoms. The molecule has 0 atom stereocenters. The first-order valence-corrected chi connectivity index (χ1v) is 9.19. The fraction of sp³-hybridized carbons (Fsp3) is 0.500. The van der Waals surface area contributed by atoms with Crippen molar-refractivity contribution in [3.8, 4) is 0 Å². The monoisotopic (exact) mass is 335 g/mol. The number of aryl methyl sites for hydroxylation is 3. The van der Waals surface area contributed by atoms with E-state index in [9.17, 15) is 8.42 Å². The van der Waals surface area contributed by atoms with E-state index in [4.69, 9.17) is 4.52 Å². The Labute approximate surface area is 136 Å². The molecule has 1 aromatic carbocycles. The first-order valence-electron chi connectivity index (χ1n) is 7.75. The Morgan fingerprint density at radius 3 is 2.43 bits per heavy atom. The SMILES string of the molecule is Cc1ccc(S(=O)(=O)N2CCC(c3noc(C)n3)CC2)c(C)c1. The van der Waals surface area contributed by atoms with Crippen molar-refractivity contribution in [3.05, 3.63) is 41.0 Å². The summed E-state index contributed by atoms with van der Waals surface area (Å²) in [4.78, 5) is 4.66. The number of piperidine rings is 1. The van der Waals surface area contributed by atoms with E-state index in [1.54, 1.807) is 17.3 Å². The average Bonchev–Trinajstić information content (AvgIpc) is 2.93. The van der Waals surface area contributed by atoms with Crippen LogP contribution < -0.4 is 0 Å². The number of sulfonamides is 1. The number of hydrogen-bond acceptors (Lipinski definition) is 5. The van der Waals surface area contributed by atoms with Gasteiger partial charge in [-0.15, -0.1) is 0 Å². The lowest BCUT2D eigenvalue weighted by molar-refractivity contribution is 0.305. The summed E-state index contributed by atoms with van der Waals surface area (Å²) in [7, 11) is -3.44. The molecule has 0 unspecified atom stereocenters. The van der Waals surface area contributed by atoms with Gasteiger partial charge in [-0.2, -0.15) is 9.29 Å². The van der Waals surface area contributed by atoms with Crippen molar-refractivity contribution in [3.63, 3.8) is 0 Å². The highest BCUT2D eigenvalue weighted by molar-refractivity contribution is 7.89. The van der Waals surface area contributed by atoms with Crippen molar-refractivity contribution >= 4 is 10.0 Å². The molecule has 1 aliphatic rings. The maximum Gasteiger partial charge on any atom is 0.243 e. The Hall–Kier alpha value is -1.73. The molecule has 0 N–H and O–H groups in total. The quantitative estimate of drug-likeness (QED) is 0.861. The highest BCUT2D eigenvalue weighted by Gasteiger charge is 2.32. The van der Waals surface area contributed by atoms with Gasteiger partial charge in [-0.05, 0) is 38.3 Å². The van der Waals surface area contributed by atoms with Gasteiger partial charge in [0.05, 0.1) is 4.90 Å². The molecule has 124 valence electrons. The molecule has 0 saturated carbocycles. The summed E-state index contributed by atoms with van der Waals surface area (Å²) in [5.41, 5.74) is 1.86. The normalized spacial score (nSPS) is 17.5. The highest BCUT2D eigenvalue weighted by atomic mass is 32.2. The van der Waals surface area contributed by atoms with E-state index in [0.717, 1.165) is 11.1 Å². The number of benzene rings is 1. The first kappa shape index (κ1) is 16.1. The molecule has 1 aromatic heterocycles. The van der Waals surface area contributed by atoms with Gasteiger partial charge < -0.3 is 4.52 Å². The van der Waals surface area contributed by atoms with Crippen LogP contribution in [0.25, 0.3) is 0 Å². The lowest BCUT2D eigenvalue weighted by Gasteiger charge is -2.30. The van der Waals surface area contributed by atoms with E-state index in [0.29, 0.717) is 42.5 Å². The maximum atomic E-state index is 12.8. The van der Waals surface area contributed by atoms with Crippen molar-refractivity contribution in [1.29, 1.82) is 0 Å². The lowest BCUT2D eigenvalue weighted by Crippen LogP contribution is -2.38. The molecule has 0 aliphatic carbocycles. The van der Waals surface area contributed by atoms with Crippen LogP contribution in [0.5, 0.6) is 0 Å². The second-order valence-corrected chi connectivity index (χ2v) is 8.03. The minimum absolute atomic E-state index is 0.165. The van der Waals surface area contributed by atoms with E-state index < -0.39 is 10.0 Å². The van der Waals surface area contributed by atoms with Gasteiger partial charge >= 0.3 is 0 Å². The van der Waals surface area contributed by atoms with Crippen LogP contribution in [0.3, 0.4) is 0 Å². The van der Waals surface area contributed by atoms with Crippen molar-refractivity contribution in [2.24, 2.45) is 0 Å². The van der Waals surface area contributed by atoms with Gasteiger partial charge in [0.1, 0.15) is 0 Å². The van der Waals surface area contributed by atoms with Crippen LogP contribution in [-0.4, -0.2) is 36.0 Å². The smallest absolute Gasteiger partial charge is 0.243 e. The Balaban J connectivity index is 1.76. The zero-order chi connectivity index (χ0) is 16.6. The molecule has 2 heterocycles. The molecule has 1 saturated heterocycles. The second-order valence-electron chi connectivity index (χ2n) is 6.12. The summed E-state index contributed by atoms with van der Waals surface area (Å²) in [6.07, 6.45) is 1.42. The molecule has 2 aromatic rings. The van der Waals surface area contributed by atoms with Gasteiger partial charge in [-0.25, -0.2) is 8.42 Å². The van der Waals surface area contributed by atoms with E-state index >= 15 is 0 Å². The van der Waals surface area contributed by atoms with E-state index in [-0.39, 0.29) is 5.92 Å². The zero-order valence-corrected chi connectivity index (χ0v) is 14.4. The molecular weight excluding hydrogens is 314 g/mol. The van der Waals surface area contributed by atoms with Gasteiger partial charge in [-0.3, -0.25) is 0 Å². The van der Waals surface area contributed by atoms with Gasteiger partial charge in [0.2, 0.25) is 15.9 Å². The van der Waals surface area contributed by atoms with Crippen molar-refractivity contribution < 1.29 is 12.9 Å². The summed E-state index contributed by atoms with van der Waals surface area (Å²) in [6.45, 7) is 6.52. The standard InChI is InChI=1S/C16H21N3O3S/c1-11-4-5-15(12(2)10-11)23(20,21)19-8-6-14(7-9-19)16-17-13(3)22-18-16/h4-5,10,14H,6-9H2,1-3H3. The van der Waals surface area contributed by atoms with Crippen molar-refractivity contribution in [1.82, 2.24) is 14.4 Å². The van der Waals surface area contributed by atoms with Crippen molar-refractivity contribution in [2.75, 3.05) is 13.1 Å². The summed E-state index contributed by atoms with van der Waals surface area (Å²) in [5.74, 6) is 1.40. The first-order chi connectivity index (χ1) is 10.9. The van der Waals surface area contributed by atoms with Gasteiger partial charge in [0, 0.05) is 25.9 Å². The molecule has 6 nitrogen and oxygen atoms in total. The third kappa shape index (κ3) is 3.16. The van der Waals surface area contributed by atoms with Crippen LogP contribution in [-0.2, 0) is 10.0 Å². The van der Waals surface area contributed by atoms with Crippen LogP contribution >= 0.6 is 0 Å². The van der Waals surface area contributed by atoms with Gasteiger partial charge in [-0.1, -0.05) is 22.9 Å². The summed E-state index contributed by atoms with van der Waals surface area (Å²) in [6, 6.07) is 5.45. The highest BCUT2D eigenvalue weighted by Crippen LogP contribution is 2.30. The number of nitrogens with zero attached hydrogens (tertiary/aromatic N) is 3. The summed E-state index contributed by atoms with van der Waals surface area (Å²) >= 11 is 0. The minimum Gasteiger partial charge on any atom is -0.340 e. The van der Waals surface area contributed by atoms with E-state index in [2.05, 4.69) is 10.1 Å². The Kier molecular flexibility index (Phi) is 4.25. The zero-order valence-electron chi connectivity index (χ0n) is 13.6. The molecular formula is C16H21N3O3S. The molecule has 0 amide bonds. The van der Waals surface area contributed by atoms with Crippen LogP contribution in [0.2, 0.25) is 0 Å². The second kappa shape index (κ2) is 6.05. The molecule has 7 heteroatoms. The van der Waals surface area contributed by atoms with Gasteiger partial charge in [0.15, 0.2) is 5.82 Å². The molecule has 1 fully saturated rings. The van der Waals surface area contributed by atoms with E-state index in [1.807, 2.05) is 26.0 Å². The molecule has 0 spiro atoms. The predicted octanol–water partition coefficient (Wildman–Crippen LogP) is 2.56. The summed E-state index contributed by atoms with van der Waals surface area (Å²) in [5, 5.41) is 3.95. The topological polar surface area (TPSA) is 76.3 Å². The van der Waals surface area contributed by atoms with Gasteiger partial charge in [0.25, 0.3) is 0 Å². The average molecular weight is 335 g/mol. The lowest BCUT2D eigenvalue weighted by atomic mass is 9.98. The number of hydrogen-bond donors (Lipinski definition) is 0. The van der Waals surface area contributed by atoms with Crippen LogP contribution in [0.1, 0.15) is 41.6 Å². The van der Waals surface area contributed by atoms with Crippen molar-refractivity contribution in [2.45, 2.75) is 44.4 Å². The minimum atomic E-state index is -3.44. The maximum absolute atomic E-state index is 12.8. The van der Waals surface area contributed by atoms with E-state index in [1.165, 1.54) is 0 Å². The Morgan fingerprint density at radius 1 is 1.17 bits per heavy atom. The molecule has 0 radical (unpaired) electrons. The predicted molar refractivity (Wildman–Crippen MR) is 85.7 cm³/mol. The number of rotatable bonds is 3. The summed E-state index contributed by atoms with van der Waals surface area (Å²) < 4.78 is 32.3. The largest absolute Gasteiger partial charge is 0.340 e. The Bertz CT molecular complexity index is 806. The third-order valence-corrected chi connectivity index (χ3v) is 6.37. The molecule has 3 rings (SSSR count). The van der Waals surface area contributed by atoms with Crippen LogP contribution in [0.4, 0.5) is 0 Å². The fourth-order valence-corrected chi connectivity index (χ4v) is 4.74.